The summed E-state index contributed by atoms with van der Waals surface area (Å²) in [6.45, 7) is 11.6. The SMILES string of the molecule is CCCCCCCCCCCCOCC(CN(CCCN)CCCCN)OCCCCCCCCCCCC. The zero-order valence-corrected chi connectivity index (χ0v) is 26.9. The molecule has 0 fully saturated rings. The molecule has 0 aromatic carbocycles. The first-order chi connectivity index (χ1) is 19.3. The highest BCUT2D eigenvalue weighted by atomic mass is 16.5. The molecule has 5 nitrogen and oxygen atoms in total. The lowest BCUT2D eigenvalue weighted by molar-refractivity contribution is -0.0345. The van der Waals surface area contributed by atoms with E-state index in [-0.39, 0.29) is 6.10 Å². The van der Waals surface area contributed by atoms with Gasteiger partial charge >= 0.3 is 0 Å². The molecule has 0 radical (unpaired) electrons. The molecule has 1 unspecified atom stereocenters. The van der Waals surface area contributed by atoms with Crippen molar-refractivity contribution < 1.29 is 9.47 Å². The monoisotopic (exact) mass is 556 g/mol. The van der Waals surface area contributed by atoms with Crippen molar-refractivity contribution in [2.75, 3.05) is 52.5 Å². The van der Waals surface area contributed by atoms with Gasteiger partial charge in [0.05, 0.1) is 12.7 Å². The molecule has 0 heterocycles. The number of nitrogens with two attached hydrogens (primary N) is 2. The summed E-state index contributed by atoms with van der Waals surface area (Å²) in [6, 6.07) is 0. The summed E-state index contributed by atoms with van der Waals surface area (Å²) in [5.41, 5.74) is 11.6. The Morgan fingerprint density at radius 2 is 0.923 bits per heavy atom. The van der Waals surface area contributed by atoms with E-state index in [2.05, 4.69) is 18.7 Å². The number of hydrogen-bond acceptors (Lipinski definition) is 5. The van der Waals surface area contributed by atoms with Gasteiger partial charge in [0.25, 0.3) is 0 Å². The Hall–Kier alpha value is -0.200. The Balaban J connectivity index is 4.19. The van der Waals surface area contributed by atoms with Gasteiger partial charge < -0.3 is 25.8 Å². The lowest BCUT2D eigenvalue weighted by atomic mass is 10.1. The maximum atomic E-state index is 6.41. The Morgan fingerprint density at radius 1 is 0.487 bits per heavy atom. The van der Waals surface area contributed by atoms with E-state index in [1.54, 1.807) is 0 Å². The van der Waals surface area contributed by atoms with Gasteiger partial charge in [-0.25, -0.2) is 0 Å². The van der Waals surface area contributed by atoms with Crippen LogP contribution in [0.15, 0.2) is 0 Å². The van der Waals surface area contributed by atoms with Crippen molar-refractivity contribution in [1.82, 2.24) is 4.90 Å². The van der Waals surface area contributed by atoms with Crippen LogP contribution in [-0.4, -0.2) is 63.5 Å². The van der Waals surface area contributed by atoms with Crippen LogP contribution in [0, 0.1) is 0 Å². The van der Waals surface area contributed by atoms with Gasteiger partial charge in [-0.1, -0.05) is 129 Å². The van der Waals surface area contributed by atoms with Crippen LogP contribution in [-0.2, 0) is 9.47 Å². The summed E-state index contributed by atoms with van der Waals surface area (Å²) in [4.78, 5) is 2.52. The minimum Gasteiger partial charge on any atom is -0.379 e. The average Bonchev–Trinajstić information content (AvgIpc) is 2.94. The van der Waals surface area contributed by atoms with Crippen molar-refractivity contribution >= 4 is 0 Å². The van der Waals surface area contributed by atoms with Crippen LogP contribution in [0.4, 0.5) is 0 Å². The molecule has 0 rings (SSSR count). The van der Waals surface area contributed by atoms with Crippen LogP contribution < -0.4 is 11.5 Å². The highest BCUT2D eigenvalue weighted by Gasteiger charge is 2.15. The molecular formula is C34H73N3O2. The zero-order valence-electron chi connectivity index (χ0n) is 26.9. The molecule has 0 amide bonds. The molecule has 236 valence electrons. The second kappa shape index (κ2) is 34.0. The minimum atomic E-state index is 0.155. The largest absolute Gasteiger partial charge is 0.379 e. The van der Waals surface area contributed by atoms with E-state index < -0.39 is 0 Å². The van der Waals surface area contributed by atoms with Gasteiger partial charge in [-0.05, 0) is 58.3 Å². The molecule has 0 saturated heterocycles. The molecule has 0 bridgehead atoms. The fourth-order valence-electron chi connectivity index (χ4n) is 5.28. The Bertz CT molecular complexity index is 439. The number of unbranched alkanes of at least 4 members (excludes halogenated alkanes) is 19. The first-order valence-electron chi connectivity index (χ1n) is 17.6. The second-order valence-corrected chi connectivity index (χ2v) is 11.9. The summed E-state index contributed by atoms with van der Waals surface area (Å²) < 4.78 is 12.6. The molecule has 1 atom stereocenters. The van der Waals surface area contributed by atoms with Gasteiger partial charge in [0.15, 0.2) is 0 Å². The molecular weight excluding hydrogens is 482 g/mol. The van der Waals surface area contributed by atoms with E-state index in [0.29, 0.717) is 6.61 Å². The van der Waals surface area contributed by atoms with E-state index >= 15 is 0 Å². The van der Waals surface area contributed by atoms with Crippen molar-refractivity contribution in [3.8, 4) is 0 Å². The van der Waals surface area contributed by atoms with E-state index in [1.807, 2.05) is 0 Å². The zero-order chi connectivity index (χ0) is 28.5. The molecule has 39 heavy (non-hydrogen) atoms. The highest BCUT2D eigenvalue weighted by molar-refractivity contribution is 4.68. The smallest absolute Gasteiger partial charge is 0.0934 e. The summed E-state index contributed by atoms with van der Waals surface area (Å²) in [6.07, 6.45) is 30.6. The van der Waals surface area contributed by atoms with Gasteiger partial charge in [0, 0.05) is 19.8 Å². The summed E-state index contributed by atoms with van der Waals surface area (Å²) in [5, 5.41) is 0. The van der Waals surface area contributed by atoms with Crippen LogP contribution in [0.1, 0.15) is 162 Å². The first-order valence-corrected chi connectivity index (χ1v) is 17.6. The van der Waals surface area contributed by atoms with E-state index in [0.717, 1.165) is 65.2 Å². The molecule has 5 heteroatoms. The molecule has 0 saturated carbocycles. The van der Waals surface area contributed by atoms with Gasteiger partial charge in [-0.15, -0.1) is 0 Å². The standard InChI is InChI=1S/C34H73N3O2/c1-3-5-7-9-11-13-15-17-19-23-30-38-33-34(32-37(29-25-27-36)28-22-21-26-35)39-31-24-20-18-16-14-12-10-8-6-4-2/h34H,3-33,35-36H2,1-2H3. The number of rotatable bonds is 34. The fourth-order valence-corrected chi connectivity index (χ4v) is 5.28. The highest BCUT2D eigenvalue weighted by Crippen LogP contribution is 2.12. The van der Waals surface area contributed by atoms with E-state index in [9.17, 15) is 0 Å². The third-order valence-corrected chi connectivity index (χ3v) is 7.87. The number of hydrogen-bond donors (Lipinski definition) is 2. The molecule has 4 N–H and O–H groups in total. The predicted octanol–water partition coefficient (Wildman–Crippen LogP) is 8.62. The average molecular weight is 556 g/mol. The molecule has 0 aliphatic rings. The number of ether oxygens (including phenoxy) is 2. The van der Waals surface area contributed by atoms with Crippen molar-refractivity contribution in [3.05, 3.63) is 0 Å². The quantitative estimate of drug-likeness (QED) is 0.0777. The van der Waals surface area contributed by atoms with Crippen LogP contribution in [0.3, 0.4) is 0 Å². The van der Waals surface area contributed by atoms with E-state index in [4.69, 9.17) is 20.9 Å². The third kappa shape index (κ3) is 30.6. The van der Waals surface area contributed by atoms with Gasteiger partial charge in [-0.2, -0.15) is 0 Å². The van der Waals surface area contributed by atoms with Gasteiger partial charge in [0.1, 0.15) is 0 Å². The summed E-state index contributed by atoms with van der Waals surface area (Å²) in [5.74, 6) is 0. The lowest BCUT2D eigenvalue weighted by Crippen LogP contribution is -2.38. The Kier molecular flexibility index (Phi) is 33.8. The van der Waals surface area contributed by atoms with Crippen molar-refractivity contribution in [3.63, 3.8) is 0 Å². The van der Waals surface area contributed by atoms with Gasteiger partial charge in [-0.3, -0.25) is 0 Å². The Morgan fingerprint density at radius 3 is 1.41 bits per heavy atom. The van der Waals surface area contributed by atoms with Crippen LogP contribution >= 0.6 is 0 Å². The van der Waals surface area contributed by atoms with E-state index in [1.165, 1.54) is 128 Å². The normalized spacial score (nSPS) is 12.5. The third-order valence-electron chi connectivity index (χ3n) is 7.87. The Labute approximate surface area is 245 Å². The van der Waals surface area contributed by atoms with Crippen LogP contribution in [0.2, 0.25) is 0 Å². The van der Waals surface area contributed by atoms with Gasteiger partial charge in [0.2, 0.25) is 0 Å². The van der Waals surface area contributed by atoms with Crippen molar-refractivity contribution in [1.29, 1.82) is 0 Å². The fraction of sp³-hybridized carbons (Fsp3) is 1.00. The molecule has 0 spiro atoms. The molecule has 0 aliphatic heterocycles. The maximum absolute atomic E-state index is 6.41. The maximum Gasteiger partial charge on any atom is 0.0934 e. The summed E-state index contributed by atoms with van der Waals surface area (Å²) in [7, 11) is 0. The molecule has 0 aromatic rings. The predicted molar refractivity (Wildman–Crippen MR) is 173 cm³/mol. The first kappa shape index (κ1) is 38.8. The lowest BCUT2D eigenvalue weighted by Gasteiger charge is -2.28. The van der Waals surface area contributed by atoms with Crippen molar-refractivity contribution in [2.45, 2.75) is 168 Å². The molecule has 0 aromatic heterocycles. The van der Waals surface area contributed by atoms with Crippen LogP contribution in [0.25, 0.3) is 0 Å². The second-order valence-electron chi connectivity index (χ2n) is 11.9. The minimum absolute atomic E-state index is 0.155. The van der Waals surface area contributed by atoms with Crippen LogP contribution in [0.5, 0.6) is 0 Å². The van der Waals surface area contributed by atoms with Crippen molar-refractivity contribution in [2.24, 2.45) is 11.5 Å². The number of nitrogens with zero attached hydrogens (tertiary/aromatic N) is 1. The summed E-state index contributed by atoms with van der Waals surface area (Å²) >= 11 is 0. The topological polar surface area (TPSA) is 73.7 Å². The molecule has 0 aliphatic carbocycles.